The van der Waals surface area contributed by atoms with Gasteiger partial charge in [-0.3, -0.25) is 9.59 Å². The van der Waals surface area contributed by atoms with Crippen LogP contribution in [0.2, 0.25) is 0 Å². The van der Waals surface area contributed by atoms with Gasteiger partial charge in [0.2, 0.25) is 5.91 Å². The van der Waals surface area contributed by atoms with E-state index in [1.54, 1.807) is 0 Å². The molecule has 1 fully saturated rings. The third-order valence-electron chi connectivity index (χ3n) is 7.16. The van der Waals surface area contributed by atoms with Gasteiger partial charge < -0.3 is 20.5 Å². The summed E-state index contributed by atoms with van der Waals surface area (Å²) in [5, 5.41) is 14.7. The molecule has 0 aromatic heterocycles. The maximum atomic E-state index is 12.5. The molecule has 35 heavy (non-hydrogen) atoms. The lowest BCUT2D eigenvalue weighted by Gasteiger charge is -2.17. The van der Waals surface area contributed by atoms with E-state index in [0.717, 1.165) is 19.3 Å². The van der Waals surface area contributed by atoms with E-state index in [0.29, 0.717) is 26.0 Å². The number of carboxylic acid groups (broad SMARTS) is 1. The summed E-state index contributed by atoms with van der Waals surface area (Å²) in [6.45, 7) is 2.65. The molecule has 2 aliphatic carbocycles. The number of aliphatic carboxylic acids is 1. The first kappa shape index (κ1) is 24.8. The molecule has 2 aromatic rings. The molecule has 7 nitrogen and oxygen atoms in total. The quantitative estimate of drug-likeness (QED) is 0.459. The Labute approximate surface area is 206 Å². The van der Waals surface area contributed by atoms with Gasteiger partial charge in [0.05, 0.1) is 0 Å². The summed E-state index contributed by atoms with van der Waals surface area (Å²) in [4.78, 5) is 35.5. The second-order valence-corrected chi connectivity index (χ2v) is 9.89. The molecule has 1 unspecified atom stereocenters. The smallest absolute Gasteiger partial charge is 0.407 e. The average Bonchev–Trinajstić information content (AvgIpc) is 3.39. The van der Waals surface area contributed by atoms with Crippen molar-refractivity contribution >= 4 is 18.0 Å². The van der Waals surface area contributed by atoms with Crippen LogP contribution in [-0.2, 0) is 14.3 Å². The predicted octanol–water partition coefficient (Wildman–Crippen LogP) is 4.70. The summed E-state index contributed by atoms with van der Waals surface area (Å²) in [6.07, 6.45) is 3.25. The van der Waals surface area contributed by atoms with Crippen LogP contribution in [0.1, 0.15) is 62.5 Å². The molecule has 2 amide bonds. The van der Waals surface area contributed by atoms with Gasteiger partial charge >= 0.3 is 12.1 Å². The van der Waals surface area contributed by atoms with E-state index in [1.807, 2.05) is 31.2 Å². The number of rotatable bonds is 10. The van der Waals surface area contributed by atoms with Crippen molar-refractivity contribution in [1.82, 2.24) is 10.6 Å². The van der Waals surface area contributed by atoms with Crippen LogP contribution >= 0.6 is 0 Å². The summed E-state index contributed by atoms with van der Waals surface area (Å²) >= 11 is 0. The summed E-state index contributed by atoms with van der Waals surface area (Å²) < 4.78 is 5.65. The molecule has 0 saturated heterocycles. The summed E-state index contributed by atoms with van der Waals surface area (Å²) in [7, 11) is 0. The SMILES string of the molecule is CC(CCNC(=O)C[C@@H]1CC[C@H](NC(=O)OCC2c3ccccc3-c3ccccc32)C1)CC(=O)O. The number of fused-ring (bicyclic) bond motifs is 3. The maximum absolute atomic E-state index is 12.5. The first-order valence-corrected chi connectivity index (χ1v) is 12.5. The van der Waals surface area contributed by atoms with E-state index >= 15 is 0 Å². The van der Waals surface area contributed by atoms with Gasteiger partial charge in [0, 0.05) is 31.3 Å². The number of hydrogen-bond donors (Lipinski definition) is 3. The van der Waals surface area contributed by atoms with Crippen LogP contribution < -0.4 is 10.6 Å². The van der Waals surface area contributed by atoms with E-state index in [1.165, 1.54) is 22.3 Å². The van der Waals surface area contributed by atoms with E-state index < -0.39 is 12.1 Å². The second kappa shape index (κ2) is 11.4. The number of benzene rings is 2. The van der Waals surface area contributed by atoms with Crippen molar-refractivity contribution in [2.45, 2.75) is 57.4 Å². The zero-order valence-electron chi connectivity index (χ0n) is 20.2. The zero-order valence-corrected chi connectivity index (χ0v) is 20.2. The van der Waals surface area contributed by atoms with Crippen molar-refractivity contribution < 1.29 is 24.2 Å². The number of ether oxygens (including phenoxy) is 1. The molecule has 0 radical (unpaired) electrons. The topological polar surface area (TPSA) is 105 Å². The Balaban J connectivity index is 1.19. The van der Waals surface area contributed by atoms with Crippen LogP contribution in [0.3, 0.4) is 0 Å². The van der Waals surface area contributed by atoms with E-state index in [4.69, 9.17) is 9.84 Å². The fourth-order valence-electron chi connectivity index (χ4n) is 5.39. The monoisotopic (exact) mass is 478 g/mol. The Morgan fingerprint density at radius 2 is 1.69 bits per heavy atom. The number of carbonyl (C=O) groups is 3. The molecular formula is C28H34N2O5. The van der Waals surface area contributed by atoms with Crippen molar-refractivity contribution in [2.24, 2.45) is 11.8 Å². The molecule has 0 bridgehead atoms. The van der Waals surface area contributed by atoms with Crippen LogP contribution in [-0.4, -0.2) is 42.3 Å². The molecular weight excluding hydrogens is 444 g/mol. The van der Waals surface area contributed by atoms with Gasteiger partial charge in [0.1, 0.15) is 6.61 Å². The first-order valence-electron chi connectivity index (χ1n) is 12.5. The van der Waals surface area contributed by atoms with Crippen LogP contribution in [0.4, 0.5) is 4.79 Å². The number of alkyl carbamates (subject to hydrolysis) is 1. The van der Waals surface area contributed by atoms with Gasteiger partial charge in [-0.1, -0.05) is 55.5 Å². The number of carbonyl (C=O) groups excluding carboxylic acids is 2. The van der Waals surface area contributed by atoms with Gasteiger partial charge in [-0.2, -0.15) is 0 Å². The summed E-state index contributed by atoms with van der Waals surface area (Å²) in [5.74, 6) is -0.536. The molecule has 186 valence electrons. The third-order valence-corrected chi connectivity index (χ3v) is 7.16. The third kappa shape index (κ3) is 6.41. The molecule has 2 aliphatic rings. The van der Waals surface area contributed by atoms with Crippen LogP contribution in [0.5, 0.6) is 0 Å². The van der Waals surface area contributed by atoms with Gasteiger partial charge in [-0.25, -0.2) is 4.79 Å². The Kier molecular flexibility index (Phi) is 8.06. The Morgan fingerprint density at radius 3 is 2.34 bits per heavy atom. The van der Waals surface area contributed by atoms with E-state index in [2.05, 4.69) is 34.9 Å². The summed E-state index contributed by atoms with van der Waals surface area (Å²) in [6, 6.07) is 16.5. The van der Waals surface area contributed by atoms with Crippen LogP contribution in [0.15, 0.2) is 48.5 Å². The predicted molar refractivity (Wildman–Crippen MR) is 133 cm³/mol. The highest BCUT2D eigenvalue weighted by molar-refractivity contribution is 5.79. The lowest BCUT2D eigenvalue weighted by Crippen LogP contribution is -2.34. The molecule has 1 saturated carbocycles. The minimum Gasteiger partial charge on any atom is -0.481 e. The molecule has 0 spiro atoms. The maximum Gasteiger partial charge on any atom is 0.407 e. The molecule has 3 N–H and O–H groups in total. The molecule has 0 heterocycles. The number of nitrogens with one attached hydrogen (secondary N) is 2. The highest BCUT2D eigenvalue weighted by atomic mass is 16.5. The van der Waals surface area contributed by atoms with Crippen molar-refractivity contribution in [3.8, 4) is 11.1 Å². The molecule has 4 rings (SSSR count). The van der Waals surface area contributed by atoms with Crippen molar-refractivity contribution in [3.63, 3.8) is 0 Å². The highest BCUT2D eigenvalue weighted by Crippen LogP contribution is 2.44. The van der Waals surface area contributed by atoms with Crippen molar-refractivity contribution in [3.05, 3.63) is 59.7 Å². The minimum absolute atomic E-state index is 0.0130. The number of carboxylic acids is 1. The standard InChI is InChI=1S/C28H34N2O5/c1-18(14-27(32)33)12-13-29-26(31)16-19-10-11-20(15-19)30-28(34)35-17-25-23-8-4-2-6-21(23)22-7-3-5-9-24(22)25/h2-9,18-20,25H,10-17H2,1H3,(H,29,31)(H,30,34)(H,32,33)/t18?,19-,20+/m1/s1. The van der Waals surface area contributed by atoms with Crippen LogP contribution in [0, 0.1) is 11.8 Å². The molecule has 3 atom stereocenters. The Morgan fingerprint density at radius 1 is 1.03 bits per heavy atom. The van der Waals surface area contributed by atoms with Gasteiger partial charge in [0.25, 0.3) is 0 Å². The molecule has 2 aromatic carbocycles. The largest absolute Gasteiger partial charge is 0.481 e. The lowest BCUT2D eigenvalue weighted by molar-refractivity contribution is -0.138. The number of hydrogen-bond acceptors (Lipinski definition) is 4. The fourth-order valence-corrected chi connectivity index (χ4v) is 5.39. The number of amides is 2. The Hall–Kier alpha value is -3.35. The second-order valence-electron chi connectivity index (χ2n) is 9.89. The average molecular weight is 479 g/mol. The van der Waals surface area contributed by atoms with Crippen molar-refractivity contribution in [2.75, 3.05) is 13.2 Å². The van der Waals surface area contributed by atoms with E-state index in [9.17, 15) is 14.4 Å². The Bertz CT molecular complexity index is 1020. The highest BCUT2D eigenvalue weighted by Gasteiger charge is 2.31. The van der Waals surface area contributed by atoms with E-state index in [-0.39, 0.29) is 36.1 Å². The normalized spacial score (nSPS) is 19.5. The zero-order chi connectivity index (χ0) is 24.8. The fraction of sp³-hybridized carbons (Fsp3) is 0.464. The van der Waals surface area contributed by atoms with Crippen molar-refractivity contribution in [1.29, 1.82) is 0 Å². The van der Waals surface area contributed by atoms with Crippen LogP contribution in [0.25, 0.3) is 11.1 Å². The minimum atomic E-state index is -0.815. The van der Waals surface area contributed by atoms with Gasteiger partial charge in [0.15, 0.2) is 0 Å². The van der Waals surface area contributed by atoms with Gasteiger partial charge in [-0.15, -0.1) is 0 Å². The summed E-state index contributed by atoms with van der Waals surface area (Å²) in [5.41, 5.74) is 4.77. The first-order chi connectivity index (χ1) is 16.9. The molecule has 7 heteroatoms. The molecule has 0 aliphatic heterocycles. The lowest BCUT2D eigenvalue weighted by atomic mass is 9.98. The van der Waals surface area contributed by atoms with Gasteiger partial charge in [-0.05, 0) is 59.8 Å².